The van der Waals surface area contributed by atoms with Gasteiger partial charge in [-0.05, 0) is 0 Å². The molecule has 0 aromatic carbocycles. The van der Waals surface area contributed by atoms with Crippen molar-refractivity contribution in [3.63, 3.8) is 0 Å². The zero-order valence-electron chi connectivity index (χ0n) is 3.63. The van der Waals surface area contributed by atoms with Gasteiger partial charge < -0.3 is 0 Å². The summed E-state index contributed by atoms with van der Waals surface area (Å²) in [6.45, 7) is -0.135. The largest absolute Gasteiger partial charge is 0.265 e. The molecule has 1 radical (unpaired) electrons. The van der Waals surface area contributed by atoms with Crippen LogP contribution in [0, 0.1) is 16.5 Å². The van der Waals surface area contributed by atoms with Gasteiger partial charge in [-0.2, -0.15) is 0 Å². The first-order chi connectivity index (χ1) is 3.27. The van der Waals surface area contributed by atoms with Crippen molar-refractivity contribution in [1.29, 1.82) is 0 Å². The highest BCUT2D eigenvalue weighted by atomic mass is 35.5. The standard InChI is InChI=1S/C3H5ClNO2/c4-2-1-3-5(6)7/h1H,2-3H2. The van der Waals surface area contributed by atoms with Gasteiger partial charge in [0.1, 0.15) is 0 Å². The topological polar surface area (TPSA) is 43.1 Å². The summed E-state index contributed by atoms with van der Waals surface area (Å²) in [5, 5.41) is 9.47. The fourth-order valence-electron chi connectivity index (χ4n) is 0.154. The van der Waals surface area contributed by atoms with E-state index in [0.717, 1.165) is 0 Å². The van der Waals surface area contributed by atoms with E-state index in [1.807, 2.05) is 0 Å². The van der Waals surface area contributed by atoms with Crippen LogP contribution in [0.15, 0.2) is 0 Å². The molecule has 0 unspecified atom stereocenters. The molecule has 0 atom stereocenters. The molecule has 0 N–H and O–H groups in total. The quantitative estimate of drug-likeness (QED) is 0.314. The molecule has 0 saturated heterocycles. The summed E-state index contributed by atoms with van der Waals surface area (Å²) in [5.74, 6) is 0.251. The van der Waals surface area contributed by atoms with Crippen molar-refractivity contribution >= 4 is 11.6 Å². The Hall–Kier alpha value is -0.310. The normalized spacial score (nSPS) is 8.71. The van der Waals surface area contributed by atoms with E-state index in [1.165, 1.54) is 6.42 Å². The number of hydrogen-bond acceptors (Lipinski definition) is 2. The Morgan fingerprint density at radius 2 is 2.43 bits per heavy atom. The molecule has 41 valence electrons. The molecule has 4 heteroatoms. The van der Waals surface area contributed by atoms with Gasteiger partial charge in [-0.1, -0.05) is 0 Å². The first-order valence-corrected chi connectivity index (χ1v) is 2.30. The number of nitrogens with zero attached hydrogens (tertiary/aromatic N) is 1. The summed E-state index contributed by atoms with van der Waals surface area (Å²) < 4.78 is 0. The Morgan fingerprint density at radius 1 is 1.86 bits per heavy atom. The average molecular weight is 123 g/mol. The Bertz CT molecular complexity index is 66.0. The summed E-state index contributed by atoms with van der Waals surface area (Å²) in [5.41, 5.74) is 0. The van der Waals surface area contributed by atoms with Crippen LogP contribution in [0.2, 0.25) is 0 Å². The van der Waals surface area contributed by atoms with E-state index in [9.17, 15) is 10.1 Å². The minimum atomic E-state index is -0.428. The molecule has 0 bridgehead atoms. The molecule has 0 heterocycles. The lowest BCUT2D eigenvalue weighted by molar-refractivity contribution is -0.471. The van der Waals surface area contributed by atoms with Crippen molar-refractivity contribution in [3.8, 4) is 0 Å². The number of nitro groups is 1. The van der Waals surface area contributed by atoms with E-state index in [0.29, 0.717) is 0 Å². The number of hydrogen-bond donors (Lipinski definition) is 0. The van der Waals surface area contributed by atoms with Crippen molar-refractivity contribution in [1.82, 2.24) is 0 Å². The fraction of sp³-hybridized carbons (Fsp3) is 0.667. The van der Waals surface area contributed by atoms with Crippen molar-refractivity contribution in [2.75, 3.05) is 12.4 Å². The third kappa shape index (κ3) is 5.69. The van der Waals surface area contributed by atoms with Crippen molar-refractivity contribution in [3.05, 3.63) is 16.5 Å². The Morgan fingerprint density at radius 3 is 2.57 bits per heavy atom. The minimum Gasteiger partial charge on any atom is -0.265 e. The van der Waals surface area contributed by atoms with Crippen molar-refractivity contribution in [2.24, 2.45) is 0 Å². The summed E-state index contributed by atoms with van der Waals surface area (Å²) in [6, 6.07) is 0. The molecule has 0 aliphatic heterocycles. The van der Waals surface area contributed by atoms with Gasteiger partial charge in [0, 0.05) is 17.2 Å². The van der Waals surface area contributed by atoms with Crippen LogP contribution in [0.3, 0.4) is 0 Å². The highest BCUT2D eigenvalue weighted by Gasteiger charge is 1.92. The van der Waals surface area contributed by atoms with E-state index in [1.54, 1.807) is 0 Å². The minimum absolute atomic E-state index is 0.135. The maximum absolute atomic E-state index is 9.47. The van der Waals surface area contributed by atoms with Gasteiger partial charge in [0.15, 0.2) is 0 Å². The Balaban J connectivity index is 2.82. The van der Waals surface area contributed by atoms with Gasteiger partial charge in [-0.25, -0.2) is 0 Å². The van der Waals surface area contributed by atoms with Gasteiger partial charge in [0.05, 0.1) is 0 Å². The molecule has 0 aliphatic rings. The molecular weight excluding hydrogens is 117 g/mol. The second-order valence-electron chi connectivity index (χ2n) is 0.958. The summed E-state index contributed by atoms with van der Waals surface area (Å²) >= 11 is 5.09. The monoisotopic (exact) mass is 122 g/mol. The van der Waals surface area contributed by atoms with Crippen LogP contribution in [0.5, 0.6) is 0 Å². The van der Waals surface area contributed by atoms with Crippen LogP contribution in [0.25, 0.3) is 0 Å². The van der Waals surface area contributed by atoms with Gasteiger partial charge in [0.25, 0.3) is 0 Å². The van der Waals surface area contributed by atoms with Crippen molar-refractivity contribution in [2.45, 2.75) is 0 Å². The molecule has 7 heavy (non-hydrogen) atoms. The number of halogens is 1. The molecule has 0 aromatic rings. The van der Waals surface area contributed by atoms with E-state index < -0.39 is 4.92 Å². The molecule has 0 aromatic heterocycles. The van der Waals surface area contributed by atoms with Crippen molar-refractivity contribution < 1.29 is 4.92 Å². The second kappa shape index (κ2) is 3.87. The number of alkyl halides is 1. The lowest BCUT2D eigenvalue weighted by Gasteiger charge is -1.83. The lowest BCUT2D eigenvalue weighted by atomic mass is 10.5. The molecule has 0 fully saturated rings. The van der Waals surface area contributed by atoms with E-state index >= 15 is 0 Å². The third-order valence-electron chi connectivity index (χ3n) is 0.387. The second-order valence-corrected chi connectivity index (χ2v) is 1.27. The molecule has 3 nitrogen and oxygen atoms in total. The van der Waals surface area contributed by atoms with Gasteiger partial charge >= 0.3 is 0 Å². The first-order valence-electron chi connectivity index (χ1n) is 1.77. The van der Waals surface area contributed by atoms with E-state index in [4.69, 9.17) is 11.6 Å². The van der Waals surface area contributed by atoms with Crippen LogP contribution in [-0.2, 0) is 0 Å². The number of rotatable bonds is 3. The van der Waals surface area contributed by atoms with Gasteiger partial charge in [-0.15, -0.1) is 11.6 Å². The summed E-state index contributed by atoms with van der Waals surface area (Å²) in [4.78, 5) is 9.05. The molecule has 0 saturated carbocycles. The molecule has 0 spiro atoms. The van der Waals surface area contributed by atoms with Crippen LogP contribution in [-0.4, -0.2) is 17.3 Å². The predicted octanol–water partition coefficient (Wildman–Crippen LogP) is 0.706. The zero-order valence-corrected chi connectivity index (χ0v) is 4.39. The van der Waals surface area contributed by atoms with E-state index in [-0.39, 0.29) is 12.4 Å². The highest BCUT2D eigenvalue weighted by molar-refractivity contribution is 6.18. The van der Waals surface area contributed by atoms with Crippen LogP contribution >= 0.6 is 11.6 Å². The lowest BCUT2D eigenvalue weighted by Crippen LogP contribution is -2.00. The van der Waals surface area contributed by atoms with E-state index in [2.05, 4.69) is 0 Å². The Labute approximate surface area is 46.4 Å². The van der Waals surface area contributed by atoms with Crippen LogP contribution in [0.4, 0.5) is 0 Å². The maximum Gasteiger partial charge on any atom is 0.208 e. The summed E-state index contributed by atoms with van der Waals surface area (Å²) in [7, 11) is 0. The third-order valence-corrected chi connectivity index (χ3v) is 0.605. The summed E-state index contributed by atoms with van der Waals surface area (Å²) in [6.07, 6.45) is 1.39. The van der Waals surface area contributed by atoms with Crippen LogP contribution < -0.4 is 0 Å². The molecule has 0 rings (SSSR count). The highest BCUT2D eigenvalue weighted by Crippen LogP contribution is 1.80. The smallest absolute Gasteiger partial charge is 0.208 e. The fourth-order valence-corrected chi connectivity index (χ4v) is 0.252. The molecular formula is C3H5ClNO2. The molecule has 0 aliphatic carbocycles. The van der Waals surface area contributed by atoms with Gasteiger partial charge in [-0.3, -0.25) is 10.1 Å². The Kier molecular flexibility index (Phi) is 3.69. The van der Waals surface area contributed by atoms with Crippen LogP contribution in [0.1, 0.15) is 0 Å². The SMILES string of the molecule is O=[N+]([O-])C[CH]CCl. The van der Waals surface area contributed by atoms with Gasteiger partial charge in [0.2, 0.25) is 6.54 Å². The predicted molar refractivity (Wildman–Crippen MR) is 26.9 cm³/mol. The maximum atomic E-state index is 9.47. The zero-order chi connectivity index (χ0) is 5.70. The first kappa shape index (κ1) is 6.69. The average Bonchev–Trinajstić information content (AvgIpc) is 1.61. The molecule has 0 amide bonds.